The first-order valence-electron chi connectivity index (χ1n) is 9.78. The molecule has 0 amide bonds. The van der Waals surface area contributed by atoms with Crippen molar-refractivity contribution in [2.45, 2.75) is 20.3 Å². The quantitative estimate of drug-likeness (QED) is 0.418. The van der Waals surface area contributed by atoms with Gasteiger partial charge in [0.15, 0.2) is 0 Å². The molecule has 2 aromatic carbocycles. The van der Waals surface area contributed by atoms with Gasteiger partial charge in [0.05, 0.1) is 18.5 Å². The van der Waals surface area contributed by atoms with Crippen LogP contribution in [-0.2, 0) is 0 Å². The Morgan fingerprint density at radius 3 is 2.77 bits per heavy atom. The van der Waals surface area contributed by atoms with Crippen molar-refractivity contribution in [3.8, 4) is 23.1 Å². The molecule has 8 heteroatoms. The van der Waals surface area contributed by atoms with E-state index in [2.05, 4.69) is 34.3 Å². The number of aromatic nitrogens is 2. The van der Waals surface area contributed by atoms with Gasteiger partial charge >= 0.3 is 0 Å². The highest BCUT2D eigenvalue weighted by molar-refractivity contribution is 5.80. The third kappa shape index (κ3) is 6.00. The second kappa shape index (κ2) is 10.2. The highest BCUT2D eigenvalue weighted by Gasteiger charge is 2.12. The number of ether oxygens (including phenoxy) is 1. The third-order valence-electron chi connectivity index (χ3n) is 4.32. The average Bonchev–Trinajstić information content (AvgIpc) is 2.73. The van der Waals surface area contributed by atoms with E-state index in [0.717, 1.165) is 6.42 Å². The van der Waals surface area contributed by atoms with Crippen LogP contribution in [0.4, 0.5) is 10.3 Å². The number of hydrazone groups is 1. The van der Waals surface area contributed by atoms with E-state index in [1.807, 2.05) is 12.1 Å². The van der Waals surface area contributed by atoms with Crippen molar-refractivity contribution in [1.29, 1.82) is 5.26 Å². The second-order valence-corrected chi connectivity index (χ2v) is 7.24. The van der Waals surface area contributed by atoms with Crippen molar-refractivity contribution in [3.05, 3.63) is 75.8 Å². The Balaban J connectivity index is 1.78. The van der Waals surface area contributed by atoms with Gasteiger partial charge in [0.25, 0.3) is 5.56 Å². The lowest BCUT2D eigenvalue weighted by atomic mass is 10.1. The van der Waals surface area contributed by atoms with E-state index in [9.17, 15) is 14.4 Å². The molecule has 0 saturated carbocycles. The number of nitriles is 1. The summed E-state index contributed by atoms with van der Waals surface area (Å²) < 4.78 is 19.5. The van der Waals surface area contributed by atoms with Crippen molar-refractivity contribution < 1.29 is 9.13 Å². The van der Waals surface area contributed by atoms with Crippen molar-refractivity contribution >= 4 is 12.2 Å². The zero-order valence-corrected chi connectivity index (χ0v) is 17.2. The van der Waals surface area contributed by atoms with Crippen molar-refractivity contribution in [3.63, 3.8) is 0 Å². The molecule has 0 unspecified atom stereocenters. The van der Waals surface area contributed by atoms with E-state index in [4.69, 9.17) is 4.74 Å². The lowest BCUT2D eigenvalue weighted by Gasteiger charge is -2.09. The Hall–Kier alpha value is -3.99. The van der Waals surface area contributed by atoms with Gasteiger partial charge in [-0.1, -0.05) is 44.2 Å². The zero-order chi connectivity index (χ0) is 22.2. The molecule has 0 aliphatic heterocycles. The molecular formula is C23H22FN5O2. The van der Waals surface area contributed by atoms with Gasteiger partial charge in [-0.15, -0.1) is 0 Å². The van der Waals surface area contributed by atoms with Crippen LogP contribution in [0.5, 0.6) is 5.75 Å². The largest absolute Gasteiger partial charge is 0.493 e. The topological polar surface area (TPSA) is 103 Å². The minimum absolute atomic E-state index is 0.0592. The predicted octanol–water partition coefficient (Wildman–Crippen LogP) is 4.32. The fourth-order valence-electron chi connectivity index (χ4n) is 2.76. The van der Waals surface area contributed by atoms with Crippen LogP contribution in [0, 0.1) is 23.1 Å². The van der Waals surface area contributed by atoms with Crippen LogP contribution in [0.1, 0.15) is 31.4 Å². The van der Waals surface area contributed by atoms with E-state index in [-0.39, 0.29) is 17.2 Å². The number of benzene rings is 2. The van der Waals surface area contributed by atoms with Gasteiger partial charge in [0.1, 0.15) is 23.2 Å². The van der Waals surface area contributed by atoms with Crippen LogP contribution in [-0.4, -0.2) is 22.8 Å². The van der Waals surface area contributed by atoms with E-state index < -0.39 is 11.4 Å². The molecule has 0 aliphatic carbocycles. The maximum Gasteiger partial charge on any atom is 0.270 e. The van der Waals surface area contributed by atoms with Crippen LogP contribution in [0.2, 0.25) is 0 Å². The number of H-pyrrole nitrogens is 1. The Morgan fingerprint density at radius 2 is 2.06 bits per heavy atom. The molecular weight excluding hydrogens is 397 g/mol. The Labute approximate surface area is 179 Å². The number of aromatic amines is 1. The van der Waals surface area contributed by atoms with E-state index in [0.29, 0.717) is 29.4 Å². The number of hydrogen-bond donors (Lipinski definition) is 2. The first-order valence-corrected chi connectivity index (χ1v) is 9.78. The third-order valence-corrected chi connectivity index (χ3v) is 4.32. The molecule has 3 rings (SSSR count). The summed E-state index contributed by atoms with van der Waals surface area (Å²) in [6.45, 7) is 4.67. The second-order valence-electron chi connectivity index (χ2n) is 7.24. The van der Waals surface area contributed by atoms with Crippen molar-refractivity contribution in [2.75, 3.05) is 12.0 Å². The number of nitrogens with one attached hydrogen (secondary N) is 2. The van der Waals surface area contributed by atoms with Crippen LogP contribution in [0.25, 0.3) is 11.3 Å². The molecule has 31 heavy (non-hydrogen) atoms. The van der Waals surface area contributed by atoms with Crippen LogP contribution in [0.3, 0.4) is 0 Å². The molecule has 2 N–H and O–H groups in total. The maximum atomic E-state index is 13.9. The lowest BCUT2D eigenvalue weighted by Crippen LogP contribution is -2.16. The number of halogens is 1. The van der Waals surface area contributed by atoms with Crippen LogP contribution in [0.15, 0.2) is 58.4 Å². The normalized spacial score (nSPS) is 10.9. The lowest BCUT2D eigenvalue weighted by molar-refractivity contribution is 0.288. The smallest absolute Gasteiger partial charge is 0.270 e. The van der Waals surface area contributed by atoms with Gasteiger partial charge in [0.2, 0.25) is 5.95 Å². The number of anilines is 1. The average molecular weight is 419 g/mol. The minimum atomic E-state index is -0.583. The predicted molar refractivity (Wildman–Crippen MR) is 118 cm³/mol. The fourth-order valence-corrected chi connectivity index (χ4v) is 2.76. The summed E-state index contributed by atoms with van der Waals surface area (Å²) in [6.07, 6.45) is 2.25. The summed E-state index contributed by atoms with van der Waals surface area (Å²) in [5.41, 5.74) is 3.31. The zero-order valence-electron chi connectivity index (χ0n) is 17.2. The van der Waals surface area contributed by atoms with E-state index in [1.165, 1.54) is 18.3 Å². The number of rotatable bonds is 8. The van der Waals surface area contributed by atoms with Crippen LogP contribution >= 0.6 is 0 Å². The van der Waals surface area contributed by atoms with E-state index >= 15 is 0 Å². The van der Waals surface area contributed by atoms with E-state index in [1.54, 1.807) is 30.3 Å². The summed E-state index contributed by atoms with van der Waals surface area (Å²) in [5.74, 6) is 0.517. The molecule has 158 valence electrons. The molecule has 3 aromatic rings. The summed E-state index contributed by atoms with van der Waals surface area (Å²) in [6, 6.07) is 15.1. The van der Waals surface area contributed by atoms with Crippen molar-refractivity contribution in [2.24, 2.45) is 11.0 Å². The highest BCUT2D eigenvalue weighted by atomic mass is 19.1. The van der Waals surface area contributed by atoms with Gasteiger partial charge in [0, 0.05) is 17.2 Å². The molecule has 7 nitrogen and oxygen atoms in total. The number of nitrogens with zero attached hydrogens (tertiary/aromatic N) is 3. The standard InChI is InChI=1S/C23H22FN5O2/c1-15(2)8-9-31-19-11-16(10-18(24)12-19)14-26-29-23-27-21(17-6-4-3-5-7-17)20(13-25)22(30)28-23/h3-7,10-12,14-15H,8-9H2,1-2H3,(H2,27,28,29,30). The minimum Gasteiger partial charge on any atom is -0.493 e. The van der Waals surface area contributed by atoms with Crippen LogP contribution < -0.4 is 15.7 Å². The Bertz CT molecular complexity index is 1170. The number of hydrogen-bond acceptors (Lipinski definition) is 6. The monoisotopic (exact) mass is 419 g/mol. The summed E-state index contributed by atoms with van der Waals surface area (Å²) >= 11 is 0. The Morgan fingerprint density at radius 1 is 1.29 bits per heavy atom. The SMILES string of the molecule is CC(C)CCOc1cc(F)cc(C=NNc2nc(-c3ccccc3)c(C#N)c(=O)[nH]2)c1. The van der Waals surface area contributed by atoms with Crippen molar-refractivity contribution in [1.82, 2.24) is 9.97 Å². The molecule has 0 aliphatic rings. The summed E-state index contributed by atoms with van der Waals surface area (Å²) in [5, 5.41) is 13.3. The Kier molecular flexibility index (Phi) is 7.12. The molecule has 0 bridgehead atoms. The van der Waals surface area contributed by atoms with Gasteiger partial charge in [-0.2, -0.15) is 10.4 Å². The summed E-state index contributed by atoms with van der Waals surface area (Å²) in [4.78, 5) is 19.0. The van der Waals surface area contributed by atoms with Gasteiger partial charge < -0.3 is 4.74 Å². The molecule has 1 aromatic heterocycles. The van der Waals surface area contributed by atoms with Gasteiger partial charge in [-0.25, -0.2) is 14.8 Å². The molecule has 0 radical (unpaired) electrons. The first kappa shape index (κ1) is 21.7. The van der Waals surface area contributed by atoms with Gasteiger partial charge in [-0.3, -0.25) is 9.78 Å². The molecule has 0 atom stereocenters. The first-order chi connectivity index (χ1) is 15.0. The molecule has 0 spiro atoms. The highest BCUT2D eigenvalue weighted by Crippen LogP contribution is 2.20. The summed E-state index contributed by atoms with van der Waals surface area (Å²) in [7, 11) is 0. The van der Waals surface area contributed by atoms with Gasteiger partial charge in [-0.05, 0) is 24.5 Å². The maximum absolute atomic E-state index is 13.9. The fraction of sp³-hybridized carbons (Fsp3) is 0.217. The molecule has 1 heterocycles. The molecule has 0 saturated heterocycles. The molecule has 0 fully saturated rings.